The molecule has 0 N–H and O–H groups in total. The van der Waals surface area contributed by atoms with Gasteiger partial charge in [0.1, 0.15) is 11.5 Å². The number of likely N-dealkylation sites (tertiary alicyclic amines) is 1. The van der Waals surface area contributed by atoms with E-state index < -0.39 is 11.9 Å². The lowest BCUT2D eigenvalue weighted by atomic mass is 9.92. The SMILES string of the molecule is Cc1ccc(-c2ccccc2C(=O)N2CCC[C@@H](Cc3nccc(C(F)(F)F)n3)C2)cc1C. The van der Waals surface area contributed by atoms with Gasteiger partial charge in [0.2, 0.25) is 0 Å². The first kappa shape index (κ1) is 23.0. The number of aryl methyl sites for hydroxylation is 2. The fourth-order valence-corrected chi connectivity index (χ4v) is 4.33. The van der Waals surface area contributed by atoms with Crippen LogP contribution in [0.4, 0.5) is 13.2 Å². The van der Waals surface area contributed by atoms with E-state index in [9.17, 15) is 18.0 Å². The van der Waals surface area contributed by atoms with E-state index in [0.29, 0.717) is 25.1 Å². The molecular formula is C26H26F3N3O. The van der Waals surface area contributed by atoms with Crippen LogP contribution in [-0.2, 0) is 12.6 Å². The predicted octanol–water partition coefficient (Wildman–Crippen LogP) is 5.87. The van der Waals surface area contributed by atoms with Crippen LogP contribution >= 0.6 is 0 Å². The van der Waals surface area contributed by atoms with Crippen LogP contribution in [0.15, 0.2) is 54.7 Å². The average molecular weight is 454 g/mol. The molecule has 0 unspecified atom stereocenters. The highest BCUT2D eigenvalue weighted by atomic mass is 19.4. The van der Waals surface area contributed by atoms with E-state index in [1.54, 1.807) is 0 Å². The quantitative estimate of drug-likeness (QED) is 0.496. The second kappa shape index (κ2) is 9.33. The number of benzene rings is 2. The highest BCUT2D eigenvalue weighted by molar-refractivity contribution is 6.01. The zero-order chi connectivity index (χ0) is 23.6. The molecule has 1 aromatic heterocycles. The fraction of sp³-hybridized carbons (Fsp3) is 0.346. The standard InChI is InChI=1S/C26H26F3N3O/c1-17-9-10-20(14-18(17)2)21-7-3-4-8-22(21)25(33)32-13-5-6-19(16-32)15-24-30-12-11-23(31-24)26(27,28)29/h3-4,7-12,14,19H,5-6,13,15-16H2,1-2H3/t19-/m0/s1. The van der Waals surface area contributed by atoms with Crippen molar-refractivity contribution in [2.24, 2.45) is 5.92 Å². The van der Waals surface area contributed by atoms with Gasteiger partial charge in [-0.1, -0.05) is 36.4 Å². The van der Waals surface area contributed by atoms with Crippen LogP contribution in [0.3, 0.4) is 0 Å². The van der Waals surface area contributed by atoms with Crippen molar-refractivity contribution in [1.82, 2.24) is 14.9 Å². The van der Waals surface area contributed by atoms with E-state index in [0.717, 1.165) is 41.8 Å². The second-order valence-electron chi connectivity index (χ2n) is 8.66. The van der Waals surface area contributed by atoms with Gasteiger partial charge < -0.3 is 4.90 Å². The molecule has 1 atom stereocenters. The Kier molecular flexibility index (Phi) is 6.49. The Bertz CT molecular complexity index is 1160. The van der Waals surface area contributed by atoms with E-state index in [1.807, 2.05) is 42.2 Å². The van der Waals surface area contributed by atoms with E-state index in [4.69, 9.17) is 0 Å². The van der Waals surface area contributed by atoms with Gasteiger partial charge in [0.15, 0.2) is 0 Å². The number of hydrogen-bond acceptors (Lipinski definition) is 3. The molecule has 0 aliphatic carbocycles. The summed E-state index contributed by atoms with van der Waals surface area (Å²) in [6, 6.07) is 14.6. The number of alkyl halides is 3. The van der Waals surface area contributed by atoms with Gasteiger partial charge in [0, 0.05) is 31.3 Å². The first-order valence-electron chi connectivity index (χ1n) is 11.1. The second-order valence-corrected chi connectivity index (χ2v) is 8.66. The van der Waals surface area contributed by atoms with Crippen molar-refractivity contribution in [3.8, 4) is 11.1 Å². The fourth-order valence-electron chi connectivity index (χ4n) is 4.33. The lowest BCUT2D eigenvalue weighted by Gasteiger charge is -2.33. The lowest BCUT2D eigenvalue weighted by molar-refractivity contribution is -0.141. The molecule has 33 heavy (non-hydrogen) atoms. The number of amides is 1. The number of halogens is 3. The largest absolute Gasteiger partial charge is 0.433 e. The Labute approximate surface area is 191 Å². The number of aromatic nitrogens is 2. The van der Waals surface area contributed by atoms with Crippen molar-refractivity contribution in [3.05, 3.63) is 82.9 Å². The van der Waals surface area contributed by atoms with Crippen LogP contribution in [0.25, 0.3) is 11.1 Å². The molecule has 1 fully saturated rings. The molecule has 1 aliphatic rings. The van der Waals surface area contributed by atoms with Gasteiger partial charge >= 0.3 is 6.18 Å². The van der Waals surface area contributed by atoms with Crippen LogP contribution in [-0.4, -0.2) is 33.9 Å². The van der Waals surface area contributed by atoms with Crippen molar-refractivity contribution in [3.63, 3.8) is 0 Å². The first-order chi connectivity index (χ1) is 15.7. The summed E-state index contributed by atoms with van der Waals surface area (Å²) in [5, 5.41) is 0. The molecule has 2 aromatic carbocycles. The van der Waals surface area contributed by atoms with Gasteiger partial charge in [0.05, 0.1) is 0 Å². The minimum atomic E-state index is -4.50. The van der Waals surface area contributed by atoms with Crippen molar-refractivity contribution in [1.29, 1.82) is 0 Å². The third-order valence-electron chi connectivity index (χ3n) is 6.25. The summed E-state index contributed by atoms with van der Waals surface area (Å²) in [7, 11) is 0. The minimum absolute atomic E-state index is 0.0139. The maximum atomic E-state index is 13.5. The van der Waals surface area contributed by atoms with Gasteiger partial charge in [-0.3, -0.25) is 4.79 Å². The highest BCUT2D eigenvalue weighted by Gasteiger charge is 2.33. The smallest absolute Gasteiger partial charge is 0.338 e. The van der Waals surface area contributed by atoms with Crippen molar-refractivity contribution < 1.29 is 18.0 Å². The van der Waals surface area contributed by atoms with E-state index in [2.05, 4.69) is 29.0 Å². The molecule has 3 aromatic rings. The summed E-state index contributed by atoms with van der Waals surface area (Å²) in [4.78, 5) is 23.0. The lowest BCUT2D eigenvalue weighted by Crippen LogP contribution is -2.40. The molecule has 0 spiro atoms. The van der Waals surface area contributed by atoms with Gasteiger partial charge in [-0.05, 0) is 67.0 Å². The van der Waals surface area contributed by atoms with Crippen molar-refractivity contribution in [2.75, 3.05) is 13.1 Å². The zero-order valence-electron chi connectivity index (χ0n) is 18.7. The van der Waals surface area contributed by atoms with E-state index in [-0.39, 0.29) is 17.6 Å². The Hall–Kier alpha value is -3.22. The molecule has 0 saturated carbocycles. The van der Waals surface area contributed by atoms with Crippen LogP contribution in [0, 0.1) is 19.8 Å². The molecule has 2 heterocycles. The number of hydrogen-bond donors (Lipinski definition) is 0. The normalized spacial score (nSPS) is 16.6. The summed E-state index contributed by atoms with van der Waals surface area (Å²) in [5.74, 6) is 0.123. The molecule has 0 bridgehead atoms. The molecule has 4 nitrogen and oxygen atoms in total. The number of carbonyl (C=O) groups excluding carboxylic acids is 1. The molecule has 1 amide bonds. The zero-order valence-corrected chi connectivity index (χ0v) is 18.7. The average Bonchev–Trinajstić information content (AvgIpc) is 2.80. The summed E-state index contributed by atoms with van der Waals surface area (Å²) in [6.07, 6.45) is -1.42. The first-order valence-corrected chi connectivity index (χ1v) is 11.1. The molecule has 7 heteroatoms. The van der Waals surface area contributed by atoms with Crippen molar-refractivity contribution in [2.45, 2.75) is 39.3 Å². The summed E-state index contributed by atoms with van der Waals surface area (Å²) < 4.78 is 39.0. The number of rotatable bonds is 4. The minimum Gasteiger partial charge on any atom is -0.338 e. The van der Waals surface area contributed by atoms with Gasteiger partial charge in [-0.15, -0.1) is 0 Å². The summed E-state index contributed by atoms with van der Waals surface area (Å²) in [6.45, 7) is 5.20. The van der Waals surface area contributed by atoms with E-state index in [1.165, 1.54) is 5.56 Å². The van der Waals surface area contributed by atoms with Crippen LogP contribution in [0.1, 0.15) is 45.8 Å². The van der Waals surface area contributed by atoms with Gasteiger partial charge in [-0.2, -0.15) is 13.2 Å². The summed E-state index contributed by atoms with van der Waals surface area (Å²) in [5.41, 5.74) is 3.93. The third-order valence-corrected chi connectivity index (χ3v) is 6.25. The Balaban J connectivity index is 1.53. The number of carbonyl (C=O) groups is 1. The number of nitrogens with zero attached hydrogens (tertiary/aromatic N) is 3. The van der Waals surface area contributed by atoms with Gasteiger partial charge in [0.25, 0.3) is 5.91 Å². The topological polar surface area (TPSA) is 46.1 Å². The highest BCUT2D eigenvalue weighted by Crippen LogP contribution is 2.30. The van der Waals surface area contributed by atoms with Crippen LogP contribution < -0.4 is 0 Å². The Morgan fingerprint density at radius 1 is 1.09 bits per heavy atom. The number of piperidine rings is 1. The Morgan fingerprint density at radius 3 is 2.64 bits per heavy atom. The monoisotopic (exact) mass is 453 g/mol. The maximum absolute atomic E-state index is 13.5. The molecule has 172 valence electrons. The van der Waals surface area contributed by atoms with Crippen LogP contribution in [0.5, 0.6) is 0 Å². The molecular weight excluding hydrogens is 427 g/mol. The molecule has 1 aliphatic heterocycles. The maximum Gasteiger partial charge on any atom is 0.433 e. The molecule has 0 radical (unpaired) electrons. The summed E-state index contributed by atoms with van der Waals surface area (Å²) >= 11 is 0. The molecule has 4 rings (SSSR count). The van der Waals surface area contributed by atoms with Crippen LogP contribution in [0.2, 0.25) is 0 Å². The van der Waals surface area contributed by atoms with Crippen molar-refractivity contribution >= 4 is 5.91 Å². The Morgan fingerprint density at radius 2 is 1.88 bits per heavy atom. The van der Waals surface area contributed by atoms with Gasteiger partial charge in [-0.25, -0.2) is 9.97 Å². The molecule has 1 saturated heterocycles. The van der Waals surface area contributed by atoms with E-state index >= 15 is 0 Å². The predicted molar refractivity (Wildman–Crippen MR) is 121 cm³/mol. The third kappa shape index (κ3) is 5.24.